The Bertz CT molecular complexity index is 350. The number of hydrogen-bond acceptors (Lipinski definition) is 3. The van der Waals surface area contributed by atoms with Crippen LogP contribution in [0.5, 0.6) is 5.75 Å². The molecule has 2 atom stereocenters. The monoisotopic (exact) mass is 264 g/mol. The highest BCUT2D eigenvalue weighted by molar-refractivity contribution is 5.29. The molecule has 0 bridgehead atoms. The van der Waals surface area contributed by atoms with Crippen molar-refractivity contribution in [2.75, 3.05) is 20.7 Å². The second-order valence-corrected chi connectivity index (χ2v) is 5.23. The Kier molecular flexibility index (Phi) is 6.89. The van der Waals surface area contributed by atoms with Crippen molar-refractivity contribution in [3.63, 3.8) is 0 Å². The number of likely N-dealkylation sites (N-methyl/N-ethyl adjacent to an activating group) is 1. The van der Waals surface area contributed by atoms with Gasteiger partial charge < -0.3 is 15.4 Å². The smallest absolute Gasteiger partial charge is 0.118 e. The highest BCUT2D eigenvalue weighted by Crippen LogP contribution is 2.21. The highest BCUT2D eigenvalue weighted by Gasteiger charge is 2.18. The summed E-state index contributed by atoms with van der Waals surface area (Å²) in [7, 11) is 3.84. The molecule has 0 heterocycles. The van der Waals surface area contributed by atoms with Gasteiger partial charge in [-0.05, 0) is 44.6 Å². The molecule has 0 aliphatic heterocycles. The van der Waals surface area contributed by atoms with Gasteiger partial charge in [0.1, 0.15) is 5.75 Å². The van der Waals surface area contributed by atoms with Crippen molar-refractivity contribution >= 4 is 0 Å². The van der Waals surface area contributed by atoms with E-state index in [4.69, 9.17) is 10.5 Å². The molecule has 0 saturated heterocycles. The van der Waals surface area contributed by atoms with Gasteiger partial charge in [-0.2, -0.15) is 0 Å². The molecule has 0 amide bonds. The first-order chi connectivity index (χ1) is 9.10. The van der Waals surface area contributed by atoms with Crippen LogP contribution in [0.25, 0.3) is 0 Å². The molecule has 0 fully saturated rings. The van der Waals surface area contributed by atoms with Crippen LogP contribution < -0.4 is 10.5 Å². The first-order valence-electron chi connectivity index (χ1n) is 7.20. The lowest BCUT2D eigenvalue weighted by Gasteiger charge is -2.30. The maximum absolute atomic E-state index is 6.35. The fourth-order valence-corrected chi connectivity index (χ4v) is 2.19. The lowest BCUT2D eigenvalue weighted by Crippen LogP contribution is -2.38. The van der Waals surface area contributed by atoms with E-state index in [1.807, 2.05) is 12.1 Å². The standard InChI is InChI=1S/C16H28N2O/c1-5-6-7-12-18(3)13(2)16(17)14-8-10-15(19-4)11-9-14/h8-11,13,16H,5-7,12,17H2,1-4H3. The van der Waals surface area contributed by atoms with Gasteiger partial charge in [-0.3, -0.25) is 0 Å². The Morgan fingerprint density at radius 1 is 1.21 bits per heavy atom. The van der Waals surface area contributed by atoms with Crippen molar-refractivity contribution in [1.82, 2.24) is 4.90 Å². The molecular weight excluding hydrogens is 236 g/mol. The SMILES string of the molecule is CCCCCN(C)C(C)C(N)c1ccc(OC)cc1. The van der Waals surface area contributed by atoms with Crippen molar-refractivity contribution in [2.24, 2.45) is 5.73 Å². The van der Waals surface area contributed by atoms with Gasteiger partial charge in [0.05, 0.1) is 7.11 Å². The van der Waals surface area contributed by atoms with Crippen molar-refractivity contribution in [1.29, 1.82) is 0 Å². The maximum atomic E-state index is 6.35. The minimum Gasteiger partial charge on any atom is -0.497 e. The Labute approximate surface area is 117 Å². The highest BCUT2D eigenvalue weighted by atomic mass is 16.5. The first kappa shape index (κ1) is 16.0. The van der Waals surface area contributed by atoms with Gasteiger partial charge in [-0.1, -0.05) is 31.9 Å². The Balaban J connectivity index is 2.56. The van der Waals surface area contributed by atoms with Crippen LogP contribution in [-0.2, 0) is 0 Å². The van der Waals surface area contributed by atoms with Crippen LogP contribution in [0, 0.1) is 0 Å². The number of methoxy groups -OCH3 is 1. The zero-order valence-electron chi connectivity index (χ0n) is 12.7. The number of rotatable bonds is 8. The summed E-state index contributed by atoms with van der Waals surface area (Å²) in [5, 5.41) is 0. The third kappa shape index (κ3) is 4.84. The number of unbranched alkanes of at least 4 members (excludes halogenated alkanes) is 2. The fraction of sp³-hybridized carbons (Fsp3) is 0.625. The zero-order chi connectivity index (χ0) is 14.3. The average molecular weight is 264 g/mol. The van der Waals surface area contributed by atoms with E-state index in [9.17, 15) is 0 Å². The van der Waals surface area contributed by atoms with Gasteiger partial charge in [-0.15, -0.1) is 0 Å². The predicted molar refractivity (Wildman–Crippen MR) is 81.5 cm³/mol. The van der Waals surface area contributed by atoms with E-state index in [1.165, 1.54) is 19.3 Å². The summed E-state index contributed by atoms with van der Waals surface area (Å²) >= 11 is 0. The van der Waals surface area contributed by atoms with Crippen molar-refractivity contribution < 1.29 is 4.74 Å². The molecule has 2 N–H and O–H groups in total. The molecule has 3 nitrogen and oxygen atoms in total. The molecule has 2 unspecified atom stereocenters. The van der Waals surface area contributed by atoms with E-state index in [0.29, 0.717) is 6.04 Å². The van der Waals surface area contributed by atoms with Gasteiger partial charge in [0, 0.05) is 12.1 Å². The third-order valence-corrected chi connectivity index (χ3v) is 3.83. The summed E-state index contributed by atoms with van der Waals surface area (Å²) in [6.45, 7) is 5.53. The lowest BCUT2D eigenvalue weighted by molar-refractivity contribution is 0.223. The number of ether oxygens (including phenoxy) is 1. The molecule has 1 aromatic rings. The Morgan fingerprint density at radius 2 is 1.84 bits per heavy atom. The molecule has 1 aromatic carbocycles. The molecule has 1 rings (SSSR count). The van der Waals surface area contributed by atoms with Crippen LogP contribution in [0.2, 0.25) is 0 Å². The lowest BCUT2D eigenvalue weighted by atomic mass is 10.00. The number of hydrogen-bond donors (Lipinski definition) is 1. The van der Waals surface area contributed by atoms with E-state index in [1.54, 1.807) is 7.11 Å². The Hall–Kier alpha value is -1.06. The topological polar surface area (TPSA) is 38.5 Å². The average Bonchev–Trinajstić information content (AvgIpc) is 2.46. The van der Waals surface area contributed by atoms with Crippen LogP contribution in [0.4, 0.5) is 0 Å². The normalized spacial score (nSPS) is 14.4. The van der Waals surface area contributed by atoms with Crippen LogP contribution in [-0.4, -0.2) is 31.6 Å². The third-order valence-electron chi connectivity index (χ3n) is 3.83. The summed E-state index contributed by atoms with van der Waals surface area (Å²) in [6.07, 6.45) is 3.79. The molecule has 0 aromatic heterocycles. The Morgan fingerprint density at radius 3 is 2.37 bits per heavy atom. The molecule has 0 aliphatic carbocycles. The largest absolute Gasteiger partial charge is 0.497 e. The van der Waals surface area contributed by atoms with E-state index in [2.05, 4.69) is 37.9 Å². The summed E-state index contributed by atoms with van der Waals surface area (Å²) in [5.74, 6) is 0.875. The van der Waals surface area contributed by atoms with E-state index in [0.717, 1.165) is 17.9 Å². The molecule has 0 spiro atoms. The summed E-state index contributed by atoms with van der Waals surface area (Å²) in [4.78, 5) is 2.35. The molecule has 3 heteroatoms. The molecular formula is C16H28N2O. The van der Waals surface area contributed by atoms with E-state index in [-0.39, 0.29) is 6.04 Å². The maximum Gasteiger partial charge on any atom is 0.118 e. The second kappa shape index (κ2) is 8.18. The summed E-state index contributed by atoms with van der Waals surface area (Å²) in [5.41, 5.74) is 7.52. The fourth-order valence-electron chi connectivity index (χ4n) is 2.19. The van der Waals surface area contributed by atoms with Gasteiger partial charge in [0.15, 0.2) is 0 Å². The van der Waals surface area contributed by atoms with Crippen molar-refractivity contribution in [2.45, 2.75) is 45.2 Å². The molecule has 0 saturated carbocycles. The minimum absolute atomic E-state index is 0.0394. The number of nitrogens with zero attached hydrogens (tertiary/aromatic N) is 1. The molecule has 19 heavy (non-hydrogen) atoms. The number of nitrogens with two attached hydrogens (primary N) is 1. The van der Waals surface area contributed by atoms with Gasteiger partial charge in [-0.25, -0.2) is 0 Å². The van der Waals surface area contributed by atoms with Crippen LogP contribution >= 0.6 is 0 Å². The van der Waals surface area contributed by atoms with E-state index >= 15 is 0 Å². The molecule has 0 aliphatic rings. The van der Waals surface area contributed by atoms with Crippen LogP contribution in [0.1, 0.15) is 44.7 Å². The van der Waals surface area contributed by atoms with Gasteiger partial charge in [0.25, 0.3) is 0 Å². The minimum atomic E-state index is 0.0394. The zero-order valence-corrected chi connectivity index (χ0v) is 12.7. The molecule has 108 valence electrons. The molecule has 0 radical (unpaired) electrons. The predicted octanol–water partition coefficient (Wildman–Crippen LogP) is 3.21. The van der Waals surface area contributed by atoms with Crippen LogP contribution in [0.15, 0.2) is 24.3 Å². The van der Waals surface area contributed by atoms with Crippen molar-refractivity contribution in [3.05, 3.63) is 29.8 Å². The quantitative estimate of drug-likeness (QED) is 0.733. The first-order valence-corrected chi connectivity index (χ1v) is 7.20. The van der Waals surface area contributed by atoms with Gasteiger partial charge >= 0.3 is 0 Å². The second-order valence-electron chi connectivity index (χ2n) is 5.23. The van der Waals surface area contributed by atoms with E-state index < -0.39 is 0 Å². The summed E-state index contributed by atoms with van der Waals surface area (Å²) in [6, 6.07) is 8.43. The summed E-state index contributed by atoms with van der Waals surface area (Å²) < 4.78 is 5.17. The number of benzene rings is 1. The van der Waals surface area contributed by atoms with Crippen LogP contribution in [0.3, 0.4) is 0 Å². The van der Waals surface area contributed by atoms with Crippen molar-refractivity contribution in [3.8, 4) is 5.75 Å². The van der Waals surface area contributed by atoms with Gasteiger partial charge in [0.2, 0.25) is 0 Å².